The molecule has 0 bridgehead atoms. The number of hydrogen-bond donors (Lipinski definition) is 1. The van der Waals surface area contributed by atoms with Crippen LogP contribution in [-0.4, -0.2) is 37.7 Å². The van der Waals surface area contributed by atoms with Gasteiger partial charge in [0.15, 0.2) is 5.82 Å². The molecule has 1 N–H and O–H groups in total. The lowest BCUT2D eigenvalue weighted by atomic mass is 10.1. The minimum atomic E-state index is -0.379. The van der Waals surface area contributed by atoms with Crippen LogP contribution in [0.15, 0.2) is 24.4 Å². The number of amides is 2. The van der Waals surface area contributed by atoms with Crippen LogP contribution >= 0.6 is 11.3 Å². The summed E-state index contributed by atoms with van der Waals surface area (Å²) in [6, 6.07) is 4.27. The standard InChI is InChI=1S/C20H23FN6OS/c1-13-22-11-15(29-13)12-26(2)20(28)23-14-7-8-17(21)16(10-14)19-25-24-18-6-4-3-5-9-27(18)19/h7-8,10-11H,3-6,9,12H2,1-2H3,(H,23,28). The summed E-state index contributed by atoms with van der Waals surface area (Å²) in [7, 11) is 1.72. The number of halogens is 1. The number of thiazole rings is 1. The van der Waals surface area contributed by atoms with Gasteiger partial charge < -0.3 is 14.8 Å². The SMILES string of the molecule is Cc1ncc(CN(C)C(=O)Nc2ccc(F)c(-c3nnc4n3CCCCC4)c2)s1. The average molecular weight is 415 g/mol. The van der Waals surface area contributed by atoms with Crippen LogP contribution in [0.25, 0.3) is 11.4 Å². The molecule has 0 aliphatic carbocycles. The van der Waals surface area contributed by atoms with Crippen molar-refractivity contribution < 1.29 is 9.18 Å². The maximum atomic E-state index is 14.6. The monoisotopic (exact) mass is 414 g/mol. The topological polar surface area (TPSA) is 75.9 Å². The molecule has 1 aliphatic rings. The fourth-order valence-corrected chi connectivity index (χ4v) is 4.31. The van der Waals surface area contributed by atoms with Crippen molar-refractivity contribution in [2.45, 2.75) is 45.7 Å². The molecule has 0 saturated heterocycles. The van der Waals surface area contributed by atoms with Crippen LogP contribution in [0.3, 0.4) is 0 Å². The maximum absolute atomic E-state index is 14.6. The zero-order chi connectivity index (χ0) is 20.4. The number of urea groups is 1. The molecule has 0 spiro atoms. The summed E-state index contributed by atoms with van der Waals surface area (Å²) >= 11 is 1.56. The maximum Gasteiger partial charge on any atom is 0.321 e. The van der Waals surface area contributed by atoms with Crippen LogP contribution in [0.2, 0.25) is 0 Å². The van der Waals surface area contributed by atoms with Gasteiger partial charge in [0.2, 0.25) is 0 Å². The number of nitrogens with zero attached hydrogens (tertiary/aromatic N) is 5. The van der Waals surface area contributed by atoms with Gasteiger partial charge in [-0.25, -0.2) is 14.2 Å². The first-order chi connectivity index (χ1) is 14.0. The number of nitrogens with one attached hydrogen (secondary N) is 1. The van der Waals surface area contributed by atoms with Crippen molar-refractivity contribution in [3.05, 3.63) is 45.9 Å². The van der Waals surface area contributed by atoms with E-state index < -0.39 is 0 Å². The van der Waals surface area contributed by atoms with Crippen molar-refractivity contribution >= 4 is 23.1 Å². The van der Waals surface area contributed by atoms with Gasteiger partial charge in [-0.05, 0) is 38.0 Å². The molecule has 0 radical (unpaired) electrons. The third-order valence-corrected chi connectivity index (χ3v) is 5.87. The Bertz CT molecular complexity index is 1030. The molecule has 3 heterocycles. The van der Waals surface area contributed by atoms with Crippen LogP contribution in [0.1, 0.15) is 35.0 Å². The first-order valence-electron chi connectivity index (χ1n) is 9.66. The molecule has 152 valence electrons. The molecular weight excluding hydrogens is 391 g/mol. The molecule has 2 amide bonds. The summed E-state index contributed by atoms with van der Waals surface area (Å²) in [5.74, 6) is 1.03. The molecule has 1 aromatic carbocycles. The molecule has 3 aromatic rings. The highest BCUT2D eigenvalue weighted by molar-refractivity contribution is 7.11. The first kappa shape index (κ1) is 19.5. The predicted octanol–water partition coefficient (Wildman–Crippen LogP) is 4.24. The number of carbonyl (C=O) groups excluding carboxylic acids is 1. The van der Waals surface area contributed by atoms with Gasteiger partial charge in [0.25, 0.3) is 0 Å². The number of anilines is 1. The minimum Gasteiger partial charge on any atom is -0.322 e. The molecule has 4 rings (SSSR count). The quantitative estimate of drug-likeness (QED) is 0.693. The predicted molar refractivity (Wildman–Crippen MR) is 110 cm³/mol. The molecule has 0 atom stereocenters. The van der Waals surface area contributed by atoms with E-state index in [1.54, 1.807) is 41.6 Å². The summed E-state index contributed by atoms with van der Waals surface area (Å²) in [4.78, 5) is 19.3. The Balaban J connectivity index is 1.53. The second kappa shape index (κ2) is 8.28. The lowest BCUT2D eigenvalue weighted by Gasteiger charge is -2.17. The Morgan fingerprint density at radius 3 is 2.97 bits per heavy atom. The van der Waals surface area contributed by atoms with E-state index in [1.165, 1.54) is 6.07 Å². The zero-order valence-electron chi connectivity index (χ0n) is 16.5. The van der Waals surface area contributed by atoms with Gasteiger partial charge in [0, 0.05) is 36.8 Å². The summed E-state index contributed by atoms with van der Waals surface area (Å²) in [6.07, 6.45) is 5.86. The van der Waals surface area contributed by atoms with E-state index in [4.69, 9.17) is 0 Å². The van der Waals surface area contributed by atoms with Crippen LogP contribution in [-0.2, 0) is 19.5 Å². The average Bonchev–Trinajstić information content (AvgIpc) is 3.21. The van der Waals surface area contributed by atoms with E-state index in [-0.39, 0.29) is 11.8 Å². The number of aromatic nitrogens is 4. The molecule has 0 saturated carbocycles. The molecule has 9 heteroatoms. The van der Waals surface area contributed by atoms with Crippen molar-refractivity contribution in [1.29, 1.82) is 0 Å². The van der Waals surface area contributed by atoms with E-state index >= 15 is 0 Å². The van der Waals surface area contributed by atoms with Gasteiger partial charge in [-0.1, -0.05) is 6.42 Å². The van der Waals surface area contributed by atoms with Gasteiger partial charge in [-0.2, -0.15) is 0 Å². The first-order valence-corrected chi connectivity index (χ1v) is 10.5. The number of aryl methyl sites for hydroxylation is 2. The van der Waals surface area contributed by atoms with Gasteiger partial charge in [0.05, 0.1) is 17.1 Å². The molecular formula is C20H23FN6OS. The zero-order valence-corrected chi connectivity index (χ0v) is 17.3. The number of benzene rings is 1. The minimum absolute atomic E-state index is 0.270. The Kier molecular flexibility index (Phi) is 5.57. The highest BCUT2D eigenvalue weighted by atomic mass is 32.1. The van der Waals surface area contributed by atoms with Crippen molar-refractivity contribution in [3.63, 3.8) is 0 Å². The smallest absolute Gasteiger partial charge is 0.321 e. The largest absolute Gasteiger partial charge is 0.322 e. The number of carbonyl (C=O) groups is 1. The van der Waals surface area contributed by atoms with Crippen molar-refractivity contribution in [2.75, 3.05) is 12.4 Å². The number of rotatable bonds is 4. The Morgan fingerprint density at radius 2 is 2.17 bits per heavy atom. The van der Waals surface area contributed by atoms with Crippen molar-refractivity contribution in [3.8, 4) is 11.4 Å². The van der Waals surface area contributed by atoms with Crippen molar-refractivity contribution in [1.82, 2.24) is 24.6 Å². The van der Waals surface area contributed by atoms with E-state index in [0.717, 1.165) is 47.9 Å². The fraction of sp³-hybridized carbons (Fsp3) is 0.400. The van der Waals surface area contributed by atoms with E-state index in [0.29, 0.717) is 23.6 Å². The highest BCUT2D eigenvalue weighted by Gasteiger charge is 2.19. The lowest BCUT2D eigenvalue weighted by Crippen LogP contribution is -2.30. The van der Waals surface area contributed by atoms with Crippen LogP contribution in [0, 0.1) is 12.7 Å². The second-order valence-electron chi connectivity index (χ2n) is 7.23. The second-order valence-corrected chi connectivity index (χ2v) is 8.55. The number of hydrogen-bond acceptors (Lipinski definition) is 5. The van der Waals surface area contributed by atoms with E-state index in [1.807, 2.05) is 11.5 Å². The molecule has 0 unspecified atom stereocenters. The summed E-state index contributed by atoms with van der Waals surface area (Å²) < 4.78 is 16.6. The molecule has 1 aliphatic heterocycles. The van der Waals surface area contributed by atoms with Crippen molar-refractivity contribution in [2.24, 2.45) is 0 Å². The molecule has 2 aromatic heterocycles. The molecule has 29 heavy (non-hydrogen) atoms. The van der Waals surface area contributed by atoms with Crippen LogP contribution in [0.5, 0.6) is 0 Å². The third-order valence-electron chi connectivity index (χ3n) is 4.98. The summed E-state index contributed by atoms with van der Waals surface area (Å²) in [6.45, 7) is 3.17. The normalized spacial score (nSPS) is 13.6. The van der Waals surface area contributed by atoms with Crippen LogP contribution in [0.4, 0.5) is 14.9 Å². The molecule has 7 nitrogen and oxygen atoms in total. The van der Waals surface area contributed by atoms with E-state index in [9.17, 15) is 9.18 Å². The van der Waals surface area contributed by atoms with Gasteiger partial charge in [0.1, 0.15) is 11.6 Å². The van der Waals surface area contributed by atoms with Crippen LogP contribution < -0.4 is 5.32 Å². The summed E-state index contributed by atoms with van der Waals surface area (Å²) in [5.41, 5.74) is 0.869. The van der Waals surface area contributed by atoms with Gasteiger partial charge in [-0.3, -0.25) is 0 Å². The number of fused-ring (bicyclic) bond motifs is 1. The van der Waals surface area contributed by atoms with Gasteiger partial charge >= 0.3 is 6.03 Å². The summed E-state index contributed by atoms with van der Waals surface area (Å²) in [5, 5.41) is 12.3. The highest BCUT2D eigenvalue weighted by Crippen LogP contribution is 2.27. The third kappa shape index (κ3) is 4.29. The fourth-order valence-electron chi connectivity index (χ4n) is 3.46. The Labute approximate surface area is 172 Å². The lowest BCUT2D eigenvalue weighted by molar-refractivity contribution is 0.221. The van der Waals surface area contributed by atoms with Gasteiger partial charge in [-0.15, -0.1) is 21.5 Å². The molecule has 0 fully saturated rings. The Hall–Kier alpha value is -2.81. The van der Waals surface area contributed by atoms with E-state index in [2.05, 4.69) is 20.5 Å². The Morgan fingerprint density at radius 1 is 1.31 bits per heavy atom.